The normalized spacial score (nSPS) is 17.4. The SMILES string of the molecule is Cl.O=C(O)C1CCN(C(=O)CCc2ccc(Cl)cc2Cl)C1. The van der Waals surface area contributed by atoms with Crippen molar-refractivity contribution < 1.29 is 14.7 Å². The molecule has 2 rings (SSSR count). The number of carboxylic acid groups (broad SMARTS) is 1. The molecule has 0 spiro atoms. The predicted octanol–water partition coefficient (Wildman–Crippen LogP) is 3.28. The zero-order valence-corrected chi connectivity index (χ0v) is 13.5. The minimum atomic E-state index is -0.832. The number of halogens is 3. The van der Waals surface area contributed by atoms with E-state index in [0.29, 0.717) is 42.4 Å². The van der Waals surface area contributed by atoms with Crippen LogP contribution < -0.4 is 0 Å². The average Bonchev–Trinajstić information content (AvgIpc) is 2.87. The first kappa shape index (κ1) is 18.1. The van der Waals surface area contributed by atoms with Crippen LogP contribution in [-0.4, -0.2) is 35.0 Å². The van der Waals surface area contributed by atoms with Crippen molar-refractivity contribution in [3.05, 3.63) is 33.8 Å². The van der Waals surface area contributed by atoms with E-state index in [2.05, 4.69) is 0 Å². The maximum atomic E-state index is 12.0. The first-order valence-corrected chi connectivity index (χ1v) is 7.17. The molecule has 0 radical (unpaired) electrons. The van der Waals surface area contributed by atoms with Gasteiger partial charge in [0.25, 0.3) is 0 Å². The molecule has 21 heavy (non-hydrogen) atoms. The maximum Gasteiger partial charge on any atom is 0.308 e. The average molecular weight is 353 g/mol. The number of hydrogen-bond donors (Lipinski definition) is 1. The summed E-state index contributed by atoms with van der Waals surface area (Å²) in [6, 6.07) is 5.20. The third-order valence-corrected chi connectivity index (χ3v) is 4.10. The number of aliphatic carboxylic acids is 1. The summed E-state index contributed by atoms with van der Waals surface area (Å²) in [7, 11) is 0. The van der Waals surface area contributed by atoms with Crippen molar-refractivity contribution in [3.63, 3.8) is 0 Å². The highest BCUT2D eigenvalue weighted by Gasteiger charge is 2.30. The number of carboxylic acids is 1. The summed E-state index contributed by atoms with van der Waals surface area (Å²) in [5.41, 5.74) is 0.874. The van der Waals surface area contributed by atoms with Crippen LogP contribution in [0.2, 0.25) is 10.0 Å². The Bertz CT molecular complexity index is 536. The molecule has 116 valence electrons. The van der Waals surface area contributed by atoms with Gasteiger partial charge in [-0.25, -0.2) is 0 Å². The second kappa shape index (κ2) is 7.87. The molecular weight excluding hydrogens is 337 g/mol. The Morgan fingerprint density at radius 3 is 2.62 bits per heavy atom. The molecule has 1 unspecified atom stereocenters. The van der Waals surface area contributed by atoms with Gasteiger partial charge in [-0.2, -0.15) is 0 Å². The van der Waals surface area contributed by atoms with Crippen LogP contribution in [0.15, 0.2) is 18.2 Å². The summed E-state index contributed by atoms with van der Waals surface area (Å²) < 4.78 is 0. The predicted molar refractivity (Wildman–Crippen MR) is 84.4 cm³/mol. The standard InChI is InChI=1S/C14H15Cl2NO3.ClH/c15-11-3-1-9(12(16)7-11)2-4-13(18)17-6-5-10(8-17)14(19)20;/h1,3,7,10H,2,4-6,8H2,(H,19,20);1H. The van der Waals surface area contributed by atoms with Crippen LogP contribution in [0.25, 0.3) is 0 Å². The highest BCUT2D eigenvalue weighted by molar-refractivity contribution is 6.35. The molecule has 1 heterocycles. The van der Waals surface area contributed by atoms with Gasteiger partial charge >= 0.3 is 5.97 Å². The molecule has 1 aliphatic heterocycles. The fourth-order valence-electron chi connectivity index (χ4n) is 2.31. The maximum absolute atomic E-state index is 12.0. The zero-order chi connectivity index (χ0) is 14.7. The van der Waals surface area contributed by atoms with Gasteiger partial charge in [0.15, 0.2) is 0 Å². The third kappa shape index (κ3) is 4.77. The summed E-state index contributed by atoms with van der Waals surface area (Å²) in [5.74, 6) is -1.29. The molecule has 1 fully saturated rings. The van der Waals surface area contributed by atoms with Gasteiger partial charge < -0.3 is 10.0 Å². The monoisotopic (exact) mass is 351 g/mol. The second-order valence-corrected chi connectivity index (χ2v) is 5.74. The third-order valence-electron chi connectivity index (χ3n) is 3.51. The van der Waals surface area contributed by atoms with Gasteiger partial charge in [-0.1, -0.05) is 29.3 Å². The summed E-state index contributed by atoms with van der Waals surface area (Å²) in [6.45, 7) is 0.826. The van der Waals surface area contributed by atoms with Crippen molar-refractivity contribution in [2.75, 3.05) is 13.1 Å². The molecule has 4 nitrogen and oxygen atoms in total. The van der Waals surface area contributed by atoms with Gasteiger partial charge in [0.2, 0.25) is 5.91 Å². The van der Waals surface area contributed by atoms with E-state index < -0.39 is 11.9 Å². The number of nitrogens with zero attached hydrogens (tertiary/aromatic N) is 1. The largest absolute Gasteiger partial charge is 0.481 e. The van der Waals surface area contributed by atoms with Gasteiger partial charge in [0.05, 0.1) is 5.92 Å². The minimum absolute atomic E-state index is 0. The lowest BCUT2D eigenvalue weighted by Gasteiger charge is -2.16. The number of amides is 1. The molecule has 1 aromatic carbocycles. The lowest BCUT2D eigenvalue weighted by Crippen LogP contribution is -2.30. The minimum Gasteiger partial charge on any atom is -0.481 e. The van der Waals surface area contributed by atoms with Gasteiger partial charge in [-0.15, -0.1) is 12.4 Å². The molecule has 1 N–H and O–H groups in total. The molecule has 0 bridgehead atoms. The van der Waals surface area contributed by atoms with Crippen LogP contribution in [0.1, 0.15) is 18.4 Å². The highest BCUT2D eigenvalue weighted by Crippen LogP contribution is 2.23. The smallest absolute Gasteiger partial charge is 0.308 e. The van der Waals surface area contributed by atoms with Crippen LogP contribution in [0.4, 0.5) is 0 Å². The van der Waals surface area contributed by atoms with E-state index in [1.165, 1.54) is 0 Å². The number of hydrogen-bond acceptors (Lipinski definition) is 2. The van der Waals surface area contributed by atoms with Crippen molar-refractivity contribution in [3.8, 4) is 0 Å². The van der Waals surface area contributed by atoms with Crippen molar-refractivity contribution in [1.82, 2.24) is 4.90 Å². The molecule has 1 saturated heterocycles. The van der Waals surface area contributed by atoms with Crippen molar-refractivity contribution in [2.45, 2.75) is 19.3 Å². The number of carbonyl (C=O) groups excluding carboxylic acids is 1. The van der Waals surface area contributed by atoms with Crippen LogP contribution in [0.3, 0.4) is 0 Å². The first-order chi connectivity index (χ1) is 9.47. The molecule has 1 atom stereocenters. The van der Waals surface area contributed by atoms with Crippen molar-refractivity contribution in [2.24, 2.45) is 5.92 Å². The van der Waals surface area contributed by atoms with E-state index in [-0.39, 0.29) is 18.3 Å². The van der Waals surface area contributed by atoms with Gasteiger partial charge in [0, 0.05) is 29.6 Å². The van der Waals surface area contributed by atoms with E-state index in [1.807, 2.05) is 6.07 Å². The number of aryl methyl sites for hydroxylation is 1. The fraction of sp³-hybridized carbons (Fsp3) is 0.429. The van der Waals surface area contributed by atoms with E-state index in [4.69, 9.17) is 28.3 Å². The van der Waals surface area contributed by atoms with Gasteiger partial charge in [0.1, 0.15) is 0 Å². The van der Waals surface area contributed by atoms with E-state index in [9.17, 15) is 9.59 Å². The summed E-state index contributed by atoms with van der Waals surface area (Å²) in [6.07, 6.45) is 1.39. The van der Waals surface area contributed by atoms with Crippen molar-refractivity contribution in [1.29, 1.82) is 0 Å². The lowest BCUT2D eigenvalue weighted by molar-refractivity contribution is -0.141. The summed E-state index contributed by atoms with van der Waals surface area (Å²) in [4.78, 5) is 24.5. The van der Waals surface area contributed by atoms with Gasteiger partial charge in [-0.3, -0.25) is 9.59 Å². The lowest BCUT2D eigenvalue weighted by atomic mass is 10.1. The van der Waals surface area contributed by atoms with Crippen LogP contribution in [0.5, 0.6) is 0 Å². The molecule has 0 saturated carbocycles. The summed E-state index contributed by atoms with van der Waals surface area (Å²) in [5, 5.41) is 10.0. The number of rotatable bonds is 4. The Hall–Kier alpha value is -0.970. The zero-order valence-electron chi connectivity index (χ0n) is 11.2. The van der Waals surface area contributed by atoms with Gasteiger partial charge in [-0.05, 0) is 30.5 Å². The second-order valence-electron chi connectivity index (χ2n) is 4.90. The van der Waals surface area contributed by atoms with Crippen molar-refractivity contribution >= 4 is 47.5 Å². The Balaban J connectivity index is 0.00000220. The number of benzene rings is 1. The van der Waals surface area contributed by atoms with Crippen LogP contribution >= 0.6 is 35.6 Å². The Morgan fingerprint density at radius 1 is 1.33 bits per heavy atom. The van der Waals surface area contributed by atoms with E-state index >= 15 is 0 Å². The molecule has 1 amide bonds. The summed E-state index contributed by atoms with van der Waals surface area (Å²) >= 11 is 11.9. The molecule has 1 aromatic rings. The van der Waals surface area contributed by atoms with E-state index in [1.54, 1.807) is 17.0 Å². The Kier molecular flexibility index (Phi) is 6.78. The van der Waals surface area contributed by atoms with E-state index in [0.717, 1.165) is 5.56 Å². The highest BCUT2D eigenvalue weighted by atomic mass is 35.5. The Morgan fingerprint density at radius 2 is 2.05 bits per heavy atom. The number of carbonyl (C=O) groups is 2. The fourth-order valence-corrected chi connectivity index (χ4v) is 2.82. The topological polar surface area (TPSA) is 57.6 Å². The molecule has 7 heteroatoms. The molecule has 1 aliphatic rings. The molecule has 0 aliphatic carbocycles. The Labute approximate surface area is 139 Å². The number of likely N-dealkylation sites (tertiary alicyclic amines) is 1. The quantitative estimate of drug-likeness (QED) is 0.904. The first-order valence-electron chi connectivity index (χ1n) is 6.42. The molecule has 0 aromatic heterocycles. The van der Waals surface area contributed by atoms with Crippen LogP contribution in [-0.2, 0) is 16.0 Å². The molecular formula is C14H16Cl3NO3. The van der Waals surface area contributed by atoms with Crippen LogP contribution in [0, 0.1) is 5.92 Å².